The topological polar surface area (TPSA) is 6.48 Å². The molecule has 0 unspecified atom stereocenters. The molecule has 3 rings (SSSR count). The maximum absolute atomic E-state index is 12.9. The SMILES string of the molecule is Cl.FC(F)(F)c1cc(N2CCN(CC3CC3)CC2)ccc1Cl. The molecule has 1 aromatic carbocycles. The fraction of sp³-hybridized carbons (Fsp3) is 0.600. The van der Waals surface area contributed by atoms with Gasteiger partial charge in [-0.25, -0.2) is 0 Å². The maximum atomic E-state index is 12.9. The Hall–Kier alpha value is -0.650. The Bertz CT molecular complexity index is 510. The minimum atomic E-state index is -4.40. The molecule has 124 valence electrons. The number of piperazine rings is 1. The highest BCUT2D eigenvalue weighted by molar-refractivity contribution is 6.31. The van der Waals surface area contributed by atoms with Crippen LogP contribution in [0.2, 0.25) is 5.02 Å². The van der Waals surface area contributed by atoms with Crippen LogP contribution < -0.4 is 4.90 Å². The molecule has 22 heavy (non-hydrogen) atoms. The first-order valence-electron chi connectivity index (χ1n) is 7.27. The van der Waals surface area contributed by atoms with Crippen molar-refractivity contribution >= 4 is 29.7 Å². The smallest absolute Gasteiger partial charge is 0.369 e. The Morgan fingerprint density at radius 3 is 2.27 bits per heavy atom. The van der Waals surface area contributed by atoms with Crippen molar-refractivity contribution in [2.75, 3.05) is 37.6 Å². The van der Waals surface area contributed by atoms with E-state index >= 15 is 0 Å². The maximum Gasteiger partial charge on any atom is 0.417 e. The van der Waals surface area contributed by atoms with Crippen LogP contribution in [0.25, 0.3) is 0 Å². The van der Waals surface area contributed by atoms with Gasteiger partial charge in [0.05, 0.1) is 10.6 Å². The number of halogens is 5. The van der Waals surface area contributed by atoms with E-state index in [1.807, 2.05) is 4.90 Å². The summed E-state index contributed by atoms with van der Waals surface area (Å²) in [4.78, 5) is 4.42. The summed E-state index contributed by atoms with van der Waals surface area (Å²) in [6, 6.07) is 4.18. The molecule has 1 saturated heterocycles. The number of benzene rings is 1. The summed E-state index contributed by atoms with van der Waals surface area (Å²) in [7, 11) is 0. The summed E-state index contributed by atoms with van der Waals surface area (Å²) in [6.45, 7) is 4.51. The van der Waals surface area contributed by atoms with Gasteiger partial charge in [-0.05, 0) is 37.0 Å². The second kappa shape index (κ2) is 6.85. The van der Waals surface area contributed by atoms with E-state index in [2.05, 4.69) is 4.90 Å². The Labute approximate surface area is 139 Å². The third kappa shape index (κ3) is 4.21. The molecule has 1 aromatic rings. The molecule has 0 aromatic heterocycles. The highest BCUT2D eigenvalue weighted by Crippen LogP contribution is 2.37. The van der Waals surface area contributed by atoms with Crippen LogP contribution in [0.3, 0.4) is 0 Å². The number of hydrogen-bond acceptors (Lipinski definition) is 2. The number of hydrogen-bond donors (Lipinski definition) is 0. The van der Waals surface area contributed by atoms with Gasteiger partial charge in [0, 0.05) is 38.4 Å². The van der Waals surface area contributed by atoms with Gasteiger partial charge in [0.15, 0.2) is 0 Å². The summed E-state index contributed by atoms with van der Waals surface area (Å²) in [5, 5.41) is -0.237. The van der Waals surface area contributed by atoms with E-state index < -0.39 is 11.7 Å². The van der Waals surface area contributed by atoms with Crippen LogP contribution >= 0.6 is 24.0 Å². The lowest BCUT2D eigenvalue weighted by atomic mass is 10.1. The summed E-state index contributed by atoms with van der Waals surface area (Å²) in [5.74, 6) is 0.851. The van der Waals surface area contributed by atoms with Crippen molar-refractivity contribution in [2.45, 2.75) is 19.0 Å². The lowest BCUT2D eigenvalue weighted by Gasteiger charge is -2.36. The molecular formula is C15H19Cl2F3N2. The van der Waals surface area contributed by atoms with Gasteiger partial charge < -0.3 is 4.90 Å². The first kappa shape index (κ1) is 17.7. The average molecular weight is 355 g/mol. The zero-order valence-electron chi connectivity index (χ0n) is 12.1. The van der Waals surface area contributed by atoms with Crippen LogP contribution in [0.15, 0.2) is 18.2 Å². The molecule has 0 N–H and O–H groups in total. The summed E-state index contributed by atoms with van der Waals surface area (Å²) in [6.07, 6.45) is -1.75. The van der Waals surface area contributed by atoms with Crippen LogP contribution in [0.5, 0.6) is 0 Å². The van der Waals surface area contributed by atoms with Crippen molar-refractivity contribution in [3.63, 3.8) is 0 Å². The van der Waals surface area contributed by atoms with E-state index in [0.29, 0.717) is 5.69 Å². The molecule has 0 spiro atoms. The van der Waals surface area contributed by atoms with Crippen LogP contribution in [-0.2, 0) is 6.18 Å². The molecule has 2 nitrogen and oxygen atoms in total. The minimum Gasteiger partial charge on any atom is -0.369 e. The van der Waals surface area contributed by atoms with Gasteiger partial charge in [0.25, 0.3) is 0 Å². The van der Waals surface area contributed by atoms with Crippen molar-refractivity contribution in [3.05, 3.63) is 28.8 Å². The van der Waals surface area contributed by atoms with Crippen LogP contribution in [0.1, 0.15) is 18.4 Å². The van der Waals surface area contributed by atoms with Crippen molar-refractivity contribution in [2.24, 2.45) is 5.92 Å². The zero-order valence-corrected chi connectivity index (χ0v) is 13.6. The van der Waals surface area contributed by atoms with Crippen LogP contribution in [0.4, 0.5) is 18.9 Å². The standard InChI is InChI=1S/C15H18ClF3N2.ClH/c16-14-4-3-12(9-13(14)15(17,18)19)21-7-5-20(6-8-21)10-11-1-2-11;/h3-4,9,11H,1-2,5-8,10H2;1H. The third-order valence-corrected chi connectivity index (χ3v) is 4.54. The molecule has 2 aliphatic rings. The van der Waals surface area contributed by atoms with Gasteiger partial charge in [0.2, 0.25) is 0 Å². The molecule has 1 heterocycles. The molecule has 7 heteroatoms. The summed E-state index contributed by atoms with van der Waals surface area (Å²) in [5.41, 5.74) is -0.139. The van der Waals surface area contributed by atoms with Crippen molar-refractivity contribution in [1.82, 2.24) is 4.90 Å². The second-order valence-electron chi connectivity index (χ2n) is 5.89. The Balaban J connectivity index is 0.00000176. The van der Waals surface area contributed by atoms with E-state index in [1.165, 1.54) is 25.0 Å². The van der Waals surface area contributed by atoms with Gasteiger partial charge >= 0.3 is 6.18 Å². The van der Waals surface area contributed by atoms with E-state index in [1.54, 1.807) is 6.07 Å². The predicted octanol–water partition coefficient (Wildman–Crippen LogP) is 4.31. The highest BCUT2D eigenvalue weighted by Gasteiger charge is 2.34. The second-order valence-corrected chi connectivity index (χ2v) is 6.30. The third-order valence-electron chi connectivity index (χ3n) is 4.21. The molecule has 0 amide bonds. The van der Waals surface area contributed by atoms with Crippen LogP contribution in [0, 0.1) is 5.92 Å². The molecule has 0 atom stereocenters. The van der Waals surface area contributed by atoms with E-state index in [4.69, 9.17) is 11.6 Å². The highest BCUT2D eigenvalue weighted by atomic mass is 35.5. The molecular weight excluding hydrogens is 336 g/mol. The van der Waals surface area contributed by atoms with Gasteiger partial charge in [-0.3, -0.25) is 4.90 Å². The number of nitrogens with zero attached hydrogens (tertiary/aromatic N) is 2. The number of anilines is 1. The fourth-order valence-electron chi connectivity index (χ4n) is 2.78. The van der Waals surface area contributed by atoms with Gasteiger partial charge in [-0.1, -0.05) is 11.6 Å². The van der Waals surface area contributed by atoms with Crippen LogP contribution in [-0.4, -0.2) is 37.6 Å². The lowest BCUT2D eigenvalue weighted by Crippen LogP contribution is -2.47. The van der Waals surface area contributed by atoms with Crippen molar-refractivity contribution < 1.29 is 13.2 Å². The molecule has 0 bridgehead atoms. The zero-order chi connectivity index (χ0) is 15.0. The monoisotopic (exact) mass is 354 g/mol. The minimum absolute atomic E-state index is 0. The van der Waals surface area contributed by atoms with Gasteiger partial charge in [0.1, 0.15) is 0 Å². The summed E-state index contributed by atoms with van der Waals surface area (Å²) < 4.78 is 38.7. The summed E-state index contributed by atoms with van der Waals surface area (Å²) >= 11 is 5.66. The van der Waals surface area contributed by atoms with Crippen molar-refractivity contribution in [1.29, 1.82) is 0 Å². The van der Waals surface area contributed by atoms with E-state index in [-0.39, 0.29) is 17.4 Å². The Morgan fingerprint density at radius 1 is 1.09 bits per heavy atom. The van der Waals surface area contributed by atoms with Gasteiger partial charge in [-0.2, -0.15) is 13.2 Å². The molecule has 2 fully saturated rings. The predicted molar refractivity (Wildman–Crippen MR) is 85.1 cm³/mol. The lowest BCUT2D eigenvalue weighted by molar-refractivity contribution is -0.137. The van der Waals surface area contributed by atoms with Gasteiger partial charge in [-0.15, -0.1) is 12.4 Å². The average Bonchev–Trinajstić information content (AvgIpc) is 3.23. The fourth-order valence-corrected chi connectivity index (χ4v) is 3.01. The molecule has 0 radical (unpaired) electrons. The Morgan fingerprint density at radius 2 is 1.73 bits per heavy atom. The number of rotatable bonds is 3. The van der Waals surface area contributed by atoms with Crippen molar-refractivity contribution in [3.8, 4) is 0 Å². The molecule has 1 aliphatic carbocycles. The normalized spacial score (nSPS) is 19.9. The van der Waals surface area contributed by atoms with E-state index in [9.17, 15) is 13.2 Å². The molecule has 1 saturated carbocycles. The molecule has 1 aliphatic heterocycles. The quantitative estimate of drug-likeness (QED) is 0.797. The van der Waals surface area contributed by atoms with E-state index in [0.717, 1.165) is 38.6 Å². The number of alkyl halides is 3. The largest absolute Gasteiger partial charge is 0.417 e. The first-order valence-corrected chi connectivity index (χ1v) is 7.65. The Kier molecular flexibility index (Phi) is 5.51. The first-order chi connectivity index (χ1) is 9.93.